The third kappa shape index (κ3) is 8.61. The molecule has 2 amide bonds. The summed E-state index contributed by atoms with van der Waals surface area (Å²) in [6.45, 7) is 1.73. The third-order valence-electron chi connectivity index (χ3n) is 10.6. The number of anilines is 1. The van der Waals surface area contributed by atoms with E-state index in [0.717, 1.165) is 16.7 Å². The summed E-state index contributed by atoms with van der Waals surface area (Å²) in [4.78, 5) is 71.6. The Bertz CT molecular complexity index is 2470. The number of β-lactam (4-membered cyclic amide) rings is 1. The second-order valence-electron chi connectivity index (χ2n) is 14.3. The SMILES string of the molecule is CCOC(=O)C1=NO[C@@H](C2=C(C(=O)OCc3ccc(OC)cc3)N3C(=O)C(NC(=O)/C(=N\OC)c4csc(NC(c5ccccc5)(c5ccccc5)c5ccccc5)n4)C3SC2)C1. The minimum atomic E-state index is -1.05. The van der Waals surface area contributed by atoms with E-state index in [-0.39, 0.29) is 48.2 Å². The molecule has 4 heterocycles. The van der Waals surface area contributed by atoms with Gasteiger partial charge in [-0.1, -0.05) is 113 Å². The van der Waals surface area contributed by atoms with Crippen molar-refractivity contribution in [2.75, 3.05) is 31.9 Å². The van der Waals surface area contributed by atoms with Crippen molar-refractivity contribution in [3.8, 4) is 5.75 Å². The molecule has 4 aromatic carbocycles. The highest BCUT2D eigenvalue weighted by Gasteiger charge is 2.56. The number of oxime groups is 2. The standard InChI is InChI=1S/C46H42N6O9S2/c1-4-59-43(55)34-24-36(61-50-34)33-26-62-42-38(41(54)52(42)39(33)44(56)60-25-28-20-22-32(57-2)23-21-28)48-40(53)37(51-58-3)35-27-63-45(47-35)49-46(29-14-8-5-9-15-29,30-16-10-6-11-17-30)31-18-12-7-13-19-31/h5-23,27,36,38,42H,4,24-26H2,1-3H3,(H,47,49)(H,48,53)/b51-37-/t36-,38?,42?/m1/s1. The number of carbonyl (C=O) groups excluding carboxylic acids is 4. The van der Waals surface area contributed by atoms with E-state index in [1.165, 1.54) is 35.1 Å². The van der Waals surface area contributed by atoms with Gasteiger partial charge in [0.05, 0.1) is 13.7 Å². The summed E-state index contributed by atoms with van der Waals surface area (Å²) in [7, 11) is 2.87. The Balaban J connectivity index is 1.04. The number of nitrogens with one attached hydrogen (secondary N) is 2. The van der Waals surface area contributed by atoms with E-state index in [1.807, 2.05) is 54.6 Å². The van der Waals surface area contributed by atoms with Crippen molar-refractivity contribution >= 4 is 63.4 Å². The fraction of sp³-hybridized carbons (Fsp3) is 0.239. The molecular formula is C46H42N6O9S2. The number of thiazole rings is 1. The summed E-state index contributed by atoms with van der Waals surface area (Å²) in [6.07, 6.45) is -0.804. The fourth-order valence-corrected chi connectivity index (χ4v) is 9.76. The van der Waals surface area contributed by atoms with Crippen LogP contribution in [0.2, 0.25) is 0 Å². The molecule has 2 N–H and O–H groups in total. The lowest BCUT2D eigenvalue weighted by molar-refractivity contribution is -0.153. The van der Waals surface area contributed by atoms with E-state index in [4.69, 9.17) is 28.9 Å². The van der Waals surface area contributed by atoms with Gasteiger partial charge in [-0.25, -0.2) is 14.6 Å². The Kier molecular flexibility index (Phi) is 12.9. The van der Waals surface area contributed by atoms with Crippen molar-refractivity contribution < 1.29 is 43.1 Å². The molecule has 1 aromatic heterocycles. The minimum Gasteiger partial charge on any atom is -0.497 e. The summed E-state index contributed by atoms with van der Waals surface area (Å²) in [5.74, 6) is -1.84. The number of hydrogen-bond acceptors (Lipinski definition) is 15. The van der Waals surface area contributed by atoms with E-state index >= 15 is 0 Å². The summed E-state index contributed by atoms with van der Waals surface area (Å²) in [5.41, 5.74) is 3.21. The number of fused-ring (bicyclic) bond motifs is 1. The molecule has 63 heavy (non-hydrogen) atoms. The van der Waals surface area contributed by atoms with Gasteiger partial charge in [-0.2, -0.15) is 0 Å². The van der Waals surface area contributed by atoms with E-state index in [1.54, 1.807) is 43.7 Å². The van der Waals surface area contributed by atoms with Gasteiger partial charge in [0.2, 0.25) is 0 Å². The minimum absolute atomic E-state index is 0.0291. The van der Waals surface area contributed by atoms with Crippen LogP contribution in [0.1, 0.15) is 41.3 Å². The molecule has 1 saturated heterocycles. The van der Waals surface area contributed by atoms with E-state index in [2.05, 4.69) is 57.3 Å². The molecule has 0 saturated carbocycles. The van der Waals surface area contributed by atoms with Gasteiger partial charge in [0, 0.05) is 23.1 Å². The quantitative estimate of drug-likeness (QED) is 0.0388. The second kappa shape index (κ2) is 19.0. The van der Waals surface area contributed by atoms with Gasteiger partial charge in [0.25, 0.3) is 11.8 Å². The first-order valence-electron chi connectivity index (χ1n) is 20.0. The first-order valence-corrected chi connectivity index (χ1v) is 21.9. The number of hydrogen-bond donors (Lipinski definition) is 2. The van der Waals surface area contributed by atoms with Gasteiger partial charge in [-0.05, 0) is 41.3 Å². The summed E-state index contributed by atoms with van der Waals surface area (Å²) in [6, 6.07) is 36.0. The molecule has 3 aliphatic heterocycles. The number of amides is 2. The van der Waals surface area contributed by atoms with Crippen LogP contribution in [0.4, 0.5) is 5.13 Å². The maximum Gasteiger partial charge on any atom is 0.356 e. The zero-order chi connectivity index (χ0) is 43.9. The number of ether oxygens (including phenoxy) is 3. The average Bonchev–Trinajstić information content (AvgIpc) is 4.02. The number of aromatic nitrogens is 1. The first-order chi connectivity index (χ1) is 30.7. The largest absolute Gasteiger partial charge is 0.497 e. The number of benzene rings is 4. The monoisotopic (exact) mass is 886 g/mol. The summed E-state index contributed by atoms with van der Waals surface area (Å²) >= 11 is 2.60. The summed E-state index contributed by atoms with van der Waals surface area (Å²) < 4.78 is 16.1. The Morgan fingerprint density at radius 3 is 2.10 bits per heavy atom. The van der Waals surface area contributed by atoms with Crippen LogP contribution in [0.3, 0.4) is 0 Å². The molecule has 3 atom stereocenters. The highest BCUT2D eigenvalue weighted by atomic mass is 32.2. The molecule has 15 nitrogen and oxygen atoms in total. The average molecular weight is 887 g/mol. The normalized spacial score (nSPS) is 18.3. The van der Waals surface area contributed by atoms with Gasteiger partial charge >= 0.3 is 11.9 Å². The number of esters is 2. The third-order valence-corrected chi connectivity index (χ3v) is 12.7. The lowest BCUT2D eigenvalue weighted by atomic mass is 9.77. The maximum absolute atomic E-state index is 14.1. The van der Waals surface area contributed by atoms with Crippen molar-refractivity contribution in [3.05, 3.63) is 160 Å². The predicted molar refractivity (Wildman–Crippen MR) is 237 cm³/mol. The van der Waals surface area contributed by atoms with Gasteiger partial charge in [0.15, 0.2) is 22.7 Å². The molecular weight excluding hydrogens is 845 g/mol. The van der Waals surface area contributed by atoms with Crippen molar-refractivity contribution in [2.45, 2.75) is 43.0 Å². The van der Waals surface area contributed by atoms with Crippen LogP contribution < -0.4 is 15.4 Å². The van der Waals surface area contributed by atoms with Crippen molar-refractivity contribution in [3.63, 3.8) is 0 Å². The fourth-order valence-electron chi connectivity index (χ4n) is 7.60. The Morgan fingerprint density at radius 2 is 1.51 bits per heavy atom. The van der Waals surface area contributed by atoms with Crippen LogP contribution in [0.5, 0.6) is 5.75 Å². The van der Waals surface area contributed by atoms with Crippen molar-refractivity contribution in [1.82, 2.24) is 15.2 Å². The van der Waals surface area contributed by atoms with E-state index in [9.17, 15) is 19.2 Å². The van der Waals surface area contributed by atoms with Crippen LogP contribution >= 0.6 is 23.1 Å². The van der Waals surface area contributed by atoms with Gasteiger partial charge in [0.1, 0.15) is 47.8 Å². The topological polar surface area (TPSA) is 179 Å². The zero-order valence-corrected chi connectivity index (χ0v) is 36.0. The molecule has 0 aliphatic carbocycles. The van der Waals surface area contributed by atoms with Crippen LogP contribution in [0, 0.1) is 0 Å². The summed E-state index contributed by atoms with van der Waals surface area (Å²) in [5, 5.41) is 16.0. The smallest absolute Gasteiger partial charge is 0.356 e. The van der Waals surface area contributed by atoms with Crippen molar-refractivity contribution in [2.24, 2.45) is 10.3 Å². The Hall–Kier alpha value is -6.98. The highest BCUT2D eigenvalue weighted by molar-refractivity contribution is 8.00. The number of thioether (sulfide) groups is 1. The Morgan fingerprint density at radius 1 is 0.873 bits per heavy atom. The number of rotatable bonds is 16. The predicted octanol–water partition coefficient (Wildman–Crippen LogP) is 6.01. The molecule has 8 rings (SSSR count). The van der Waals surface area contributed by atoms with Crippen LogP contribution in [0.15, 0.2) is 142 Å². The number of carbonyl (C=O) groups is 4. The molecule has 2 unspecified atom stereocenters. The molecule has 0 radical (unpaired) electrons. The molecule has 0 bridgehead atoms. The molecule has 322 valence electrons. The lowest BCUT2D eigenvalue weighted by Crippen LogP contribution is -2.71. The lowest BCUT2D eigenvalue weighted by Gasteiger charge is -2.50. The van der Waals surface area contributed by atoms with Crippen LogP contribution in [-0.2, 0) is 50.5 Å². The van der Waals surface area contributed by atoms with Gasteiger partial charge in [-0.15, -0.1) is 23.1 Å². The Labute approximate surface area is 371 Å². The number of nitrogens with zero attached hydrogens (tertiary/aromatic N) is 4. The second-order valence-corrected chi connectivity index (χ2v) is 16.3. The molecule has 5 aromatic rings. The maximum atomic E-state index is 14.1. The van der Waals surface area contributed by atoms with Crippen LogP contribution in [-0.4, -0.2) is 89.2 Å². The van der Waals surface area contributed by atoms with Gasteiger partial charge in [-0.3, -0.25) is 14.5 Å². The zero-order valence-electron chi connectivity index (χ0n) is 34.4. The van der Waals surface area contributed by atoms with Crippen LogP contribution in [0.25, 0.3) is 0 Å². The van der Waals surface area contributed by atoms with E-state index in [0.29, 0.717) is 22.0 Å². The first kappa shape index (κ1) is 42.7. The van der Waals surface area contributed by atoms with E-state index < -0.39 is 46.8 Å². The molecule has 1 fully saturated rings. The van der Waals surface area contributed by atoms with Gasteiger partial charge < -0.3 is 34.5 Å². The highest BCUT2D eigenvalue weighted by Crippen LogP contribution is 2.44. The van der Waals surface area contributed by atoms with Crippen molar-refractivity contribution in [1.29, 1.82) is 0 Å². The molecule has 3 aliphatic rings. The number of methoxy groups -OCH3 is 1. The molecule has 17 heteroatoms. The molecule has 0 spiro atoms.